The van der Waals surface area contributed by atoms with E-state index in [9.17, 15) is 0 Å². The Labute approximate surface area is 134 Å². The Bertz CT molecular complexity index is 590. The highest BCUT2D eigenvalue weighted by atomic mass is 79.9. The highest BCUT2D eigenvalue weighted by molar-refractivity contribution is 9.10. The third-order valence-corrected chi connectivity index (χ3v) is 4.69. The zero-order chi connectivity index (χ0) is 14.7. The van der Waals surface area contributed by atoms with Crippen LogP contribution in [-0.4, -0.2) is 7.05 Å². The Morgan fingerprint density at radius 2 is 1.80 bits per heavy atom. The summed E-state index contributed by atoms with van der Waals surface area (Å²) in [7, 11) is 1.99. The van der Waals surface area contributed by atoms with E-state index in [2.05, 4.69) is 53.3 Å². The maximum atomic E-state index is 6.13. The van der Waals surface area contributed by atoms with Crippen LogP contribution in [0, 0.1) is 13.8 Å². The molecule has 2 aromatic carbocycles. The number of benzene rings is 2. The molecule has 0 saturated heterocycles. The largest absolute Gasteiger partial charge is 0.313 e. The molecule has 0 heterocycles. The first-order chi connectivity index (χ1) is 9.52. The molecule has 0 aliphatic heterocycles. The number of hydrogen-bond donors (Lipinski definition) is 1. The third kappa shape index (κ3) is 3.43. The second-order valence-electron chi connectivity index (χ2n) is 5.08. The lowest BCUT2D eigenvalue weighted by Crippen LogP contribution is -2.20. The molecule has 0 bridgehead atoms. The van der Waals surface area contributed by atoms with Gasteiger partial charge in [0, 0.05) is 15.5 Å². The van der Waals surface area contributed by atoms with Gasteiger partial charge in [-0.05, 0) is 67.8 Å². The van der Waals surface area contributed by atoms with Gasteiger partial charge in [-0.15, -0.1) is 0 Å². The summed E-state index contributed by atoms with van der Waals surface area (Å²) in [5.41, 5.74) is 5.27. The zero-order valence-corrected chi connectivity index (χ0v) is 14.3. The van der Waals surface area contributed by atoms with Gasteiger partial charge in [-0.25, -0.2) is 0 Å². The average molecular weight is 353 g/mol. The molecule has 0 aromatic heterocycles. The maximum absolute atomic E-state index is 6.13. The van der Waals surface area contributed by atoms with E-state index in [1.54, 1.807) is 0 Å². The van der Waals surface area contributed by atoms with Gasteiger partial charge in [0.25, 0.3) is 0 Å². The molecule has 0 radical (unpaired) electrons. The Kier molecular flexibility index (Phi) is 5.25. The molecule has 20 heavy (non-hydrogen) atoms. The van der Waals surface area contributed by atoms with Crippen LogP contribution in [0.1, 0.15) is 28.3 Å². The molecule has 2 aromatic rings. The Balaban J connectivity index is 2.36. The van der Waals surface area contributed by atoms with Crippen molar-refractivity contribution in [3.63, 3.8) is 0 Å². The van der Waals surface area contributed by atoms with Crippen LogP contribution < -0.4 is 5.32 Å². The molecule has 1 atom stereocenters. The van der Waals surface area contributed by atoms with Gasteiger partial charge >= 0.3 is 0 Å². The van der Waals surface area contributed by atoms with Crippen molar-refractivity contribution in [3.8, 4) is 0 Å². The highest BCUT2D eigenvalue weighted by Crippen LogP contribution is 2.30. The van der Waals surface area contributed by atoms with Gasteiger partial charge in [0.15, 0.2) is 0 Å². The van der Waals surface area contributed by atoms with Crippen molar-refractivity contribution in [2.45, 2.75) is 26.3 Å². The van der Waals surface area contributed by atoms with Gasteiger partial charge in [0.1, 0.15) is 0 Å². The monoisotopic (exact) mass is 351 g/mol. The number of nitrogens with one attached hydrogen (secondary N) is 1. The average Bonchev–Trinajstić information content (AvgIpc) is 2.42. The summed E-state index contributed by atoms with van der Waals surface area (Å²) in [5, 5.41) is 4.17. The molecule has 1 N–H and O–H groups in total. The second kappa shape index (κ2) is 6.75. The summed E-state index contributed by atoms with van der Waals surface area (Å²) in [4.78, 5) is 0. The number of hydrogen-bond acceptors (Lipinski definition) is 1. The molecule has 106 valence electrons. The van der Waals surface area contributed by atoms with Crippen LogP contribution >= 0.6 is 27.5 Å². The van der Waals surface area contributed by atoms with Crippen molar-refractivity contribution in [3.05, 3.63) is 68.1 Å². The summed E-state index contributed by atoms with van der Waals surface area (Å²) in [6.45, 7) is 4.34. The SMILES string of the molecule is CNC(Cc1c(C)cccc1C)c1cc(Cl)ccc1Br. The molecule has 0 saturated carbocycles. The molecule has 0 aliphatic rings. The molecular weight excluding hydrogens is 334 g/mol. The minimum absolute atomic E-state index is 0.239. The molecule has 3 heteroatoms. The van der Waals surface area contributed by atoms with Crippen molar-refractivity contribution in [2.24, 2.45) is 0 Å². The van der Waals surface area contributed by atoms with Crippen LogP contribution in [0.4, 0.5) is 0 Å². The summed E-state index contributed by atoms with van der Waals surface area (Å²) in [5.74, 6) is 0. The predicted molar refractivity (Wildman–Crippen MR) is 90.6 cm³/mol. The third-order valence-electron chi connectivity index (χ3n) is 3.73. The van der Waals surface area contributed by atoms with E-state index in [0.717, 1.165) is 15.9 Å². The predicted octanol–water partition coefficient (Wildman–Crippen LogP) is 5.22. The minimum Gasteiger partial charge on any atom is -0.313 e. The first kappa shape index (κ1) is 15.6. The van der Waals surface area contributed by atoms with Gasteiger partial charge in [-0.1, -0.05) is 45.7 Å². The fourth-order valence-corrected chi connectivity index (χ4v) is 3.23. The van der Waals surface area contributed by atoms with Crippen LogP contribution in [0.15, 0.2) is 40.9 Å². The summed E-state index contributed by atoms with van der Waals surface area (Å²) >= 11 is 9.76. The van der Waals surface area contributed by atoms with Crippen molar-refractivity contribution in [2.75, 3.05) is 7.05 Å². The topological polar surface area (TPSA) is 12.0 Å². The molecule has 0 aliphatic carbocycles. The highest BCUT2D eigenvalue weighted by Gasteiger charge is 2.16. The van der Waals surface area contributed by atoms with Crippen LogP contribution in [-0.2, 0) is 6.42 Å². The Morgan fingerprint density at radius 1 is 1.15 bits per heavy atom. The summed E-state index contributed by atoms with van der Waals surface area (Å²) in [6.07, 6.45) is 0.952. The van der Waals surface area contributed by atoms with Crippen molar-refractivity contribution < 1.29 is 0 Å². The molecule has 0 spiro atoms. The van der Waals surface area contributed by atoms with Gasteiger partial charge in [-0.3, -0.25) is 0 Å². The minimum atomic E-state index is 0.239. The Hall–Kier alpha value is -0.830. The van der Waals surface area contributed by atoms with E-state index in [1.165, 1.54) is 22.3 Å². The quantitative estimate of drug-likeness (QED) is 0.795. The van der Waals surface area contributed by atoms with Crippen molar-refractivity contribution in [1.82, 2.24) is 5.32 Å². The molecule has 0 fully saturated rings. The lowest BCUT2D eigenvalue weighted by molar-refractivity contribution is 0.587. The van der Waals surface area contributed by atoms with E-state index in [4.69, 9.17) is 11.6 Å². The van der Waals surface area contributed by atoms with Gasteiger partial charge in [-0.2, -0.15) is 0 Å². The number of likely N-dealkylation sites (N-methyl/N-ethyl adjacent to an activating group) is 1. The standard InChI is InChI=1S/C17H19BrClN/c1-11-5-4-6-12(2)14(11)10-17(20-3)15-9-13(19)7-8-16(15)18/h4-9,17,20H,10H2,1-3H3. The first-order valence-corrected chi connectivity index (χ1v) is 7.87. The van der Waals surface area contributed by atoms with Crippen molar-refractivity contribution in [1.29, 1.82) is 0 Å². The van der Waals surface area contributed by atoms with E-state index in [-0.39, 0.29) is 6.04 Å². The molecule has 2 rings (SSSR count). The normalized spacial score (nSPS) is 12.4. The van der Waals surface area contributed by atoms with Crippen LogP contribution in [0.25, 0.3) is 0 Å². The first-order valence-electron chi connectivity index (χ1n) is 6.70. The van der Waals surface area contributed by atoms with Crippen LogP contribution in [0.5, 0.6) is 0 Å². The lowest BCUT2D eigenvalue weighted by Gasteiger charge is -2.21. The number of halogens is 2. The fraction of sp³-hybridized carbons (Fsp3) is 0.294. The summed E-state index contributed by atoms with van der Waals surface area (Å²) in [6, 6.07) is 12.6. The van der Waals surface area contributed by atoms with E-state index < -0.39 is 0 Å². The lowest BCUT2D eigenvalue weighted by atomic mass is 9.93. The summed E-state index contributed by atoms with van der Waals surface area (Å²) < 4.78 is 1.09. The fourth-order valence-electron chi connectivity index (χ4n) is 2.52. The van der Waals surface area contributed by atoms with Crippen LogP contribution in [0.3, 0.4) is 0 Å². The maximum Gasteiger partial charge on any atom is 0.0410 e. The van der Waals surface area contributed by atoms with E-state index >= 15 is 0 Å². The Morgan fingerprint density at radius 3 is 2.40 bits per heavy atom. The smallest absolute Gasteiger partial charge is 0.0410 e. The molecule has 1 unspecified atom stereocenters. The zero-order valence-electron chi connectivity index (χ0n) is 12.0. The van der Waals surface area contributed by atoms with E-state index in [0.29, 0.717) is 0 Å². The van der Waals surface area contributed by atoms with Crippen LogP contribution in [0.2, 0.25) is 5.02 Å². The number of rotatable bonds is 4. The number of aryl methyl sites for hydroxylation is 2. The van der Waals surface area contributed by atoms with Gasteiger partial charge in [0.2, 0.25) is 0 Å². The molecule has 0 amide bonds. The molecular formula is C17H19BrClN. The van der Waals surface area contributed by atoms with E-state index in [1.807, 2.05) is 25.2 Å². The second-order valence-corrected chi connectivity index (χ2v) is 6.37. The van der Waals surface area contributed by atoms with Gasteiger partial charge < -0.3 is 5.32 Å². The van der Waals surface area contributed by atoms with Gasteiger partial charge in [0.05, 0.1) is 0 Å². The van der Waals surface area contributed by atoms with Crippen molar-refractivity contribution >= 4 is 27.5 Å². The molecule has 1 nitrogen and oxygen atoms in total.